The Morgan fingerprint density at radius 3 is 1.70 bits per heavy atom. The van der Waals surface area contributed by atoms with E-state index in [1.165, 1.54) is 29.5 Å². The van der Waals surface area contributed by atoms with Gasteiger partial charge in [-0.3, -0.25) is 0 Å². The number of anilines is 1. The molecule has 0 unspecified atom stereocenters. The van der Waals surface area contributed by atoms with Gasteiger partial charge in [-0.1, -0.05) is 49.7 Å². The molecule has 0 spiro atoms. The quantitative estimate of drug-likeness (QED) is 0.415. The van der Waals surface area contributed by atoms with Crippen molar-refractivity contribution in [2.75, 3.05) is 11.9 Å². The largest absolute Gasteiger partial charge is 0.385 e. The first kappa shape index (κ1) is 18.8. The minimum Gasteiger partial charge on any atom is -0.385 e. The molecule has 0 aliphatic rings. The highest BCUT2D eigenvalue weighted by molar-refractivity contribution is 5.67. The SMILES string of the molecule is CCCCc1ccc(N=Nc2ccc(-c3ccc(NCC)cc3)cc2)cc1. The third kappa shape index (κ3) is 5.52. The van der Waals surface area contributed by atoms with Crippen LogP contribution in [0.1, 0.15) is 32.3 Å². The van der Waals surface area contributed by atoms with Gasteiger partial charge in [0.1, 0.15) is 0 Å². The Morgan fingerprint density at radius 1 is 0.667 bits per heavy atom. The van der Waals surface area contributed by atoms with Crippen LogP contribution in [-0.2, 0) is 6.42 Å². The first-order valence-electron chi connectivity index (χ1n) is 9.73. The van der Waals surface area contributed by atoms with Gasteiger partial charge in [-0.05, 0) is 72.9 Å². The van der Waals surface area contributed by atoms with E-state index in [1.807, 2.05) is 24.3 Å². The van der Waals surface area contributed by atoms with Crippen molar-refractivity contribution in [3.8, 4) is 11.1 Å². The fourth-order valence-electron chi connectivity index (χ4n) is 2.93. The molecule has 3 heteroatoms. The van der Waals surface area contributed by atoms with Gasteiger partial charge >= 0.3 is 0 Å². The van der Waals surface area contributed by atoms with E-state index in [4.69, 9.17) is 0 Å². The van der Waals surface area contributed by atoms with Crippen LogP contribution in [0.2, 0.25) is 0 Å². The molecule has 0 saturated heterocycles. The average Bonchev–Trinajstić information content (AvgIpc) is 2.73. The maximum absolute atomic E-state index is 4.36. The Balaban J connectivity index is 1.63. The summed E-state index contributed by atoms with van der Waals surface area (Å²) >= 11 is 0. The lowest BCUT2D eigenvalue weighted by Crippen LogP contribution is -1.95. The van der Waals surface area contributed by atoms with Gasteiger partial charge in [0, 0.05) is 12.2 Å². The molecule has 1 N–H and O–H groups in total. The van der Waals surface area contributed by atoms with Crippen LogP contribution in [-0.4, -0.2) is 6.54 Å². The number of hydrogen-bond acceptors (Lipinski definition) is 3. The van der Waals surface area contributed by atoms with Crippen molar-refractivity contribution in [2.45, 2.75) is 33.1 Å². The molecule has 0 aromatic heterocycles. The predicted molar refractivity (Wildman–Crippen MR) is 115 cm³/mol. The fraction of sp³-hybridized carbons (Fsp3) is 0.250. The number of azo groups is 1. The van der Waals surface area contributed by atoms with Gasteiger partial charge in [0.25, 0.3) is 0 Å². The highest BCUT2D eigenvalue weighted by atomic mass is 15.1. The molecule has 0 radical (unpaired) electrons. The monoisotopic (exact) mass is 357 g/mol. The number of benzene rings is 3. The molecular weight excluding hydrogens is 330 g/mol. The van der Waals surface area contributed by atoms with E-state index >= 15 is 0 Å². The van der Waals surface area contributed by atoms with Crippen LogP contribution in [0.25, 0.3) is 11.1 Å². The van der Waals surface area contributed by atoms with Crippen molar-refractivity contribution in [3.63, 3.8) is 0 Å². The minimum absolute atomic E-state index is 0.859. The predicted octanol–water partition coefficient (Wildman–Crippen LogP) is 7.54. The van der Waals surface area contributed by atoms with Crippen LogP contribution in [0.3, 0.4) is 0 Å². The zero-order chi connectivity index (χ0) is 18.9. The Bertz CT molecular complexity index is 848. The van der Waals surface area contributed by atoms with E-state index in [2.05, 4.69) is 77.9 Å². The number of nitrogens with zero attached hydrogens (tertiary/aromatic N) is 2. The topological polar surface area (TPSA) is 36.8 Å². The zero-order valence-electron chi connectivity index (χ0n) is 16.2. The summed E-state index contributed by atoms with van der Waals surface area (Å²) in [5.41, 5.74) is 6.63. The van der Waals surface area contributed by atoms with Gasteiger partial charge in [-0.25, -0.2) is 0 Å². The summed E-state index contributed by atoms with van der Waals surface area (Å²) in [5, 5.41) is 12.0. The normalized spacial score (nSPS) is 11.0. The Kier molecular flexibility index (Phi) is 6.75. The lowest BCUT2D eigenvalue weighted by molar-refractivity contribution is 0.795. The van der Waals surface area contributed by atoms with Crippen molar-refractivity contribution in [3.05, 3.63) is 78.4 Å². The van der Waals surface area contributed by atoms with E-state index in [-0.39, 0.29) is 0 Å². The van der Waals surface area contributed by atoms with Crippen LogP contribution in [0.4, 0.5) is 17.1 Å². The van der Waals surface area contributed by atoms with Crippen molar-refractivity contribution in [2.24, 2.45) is 10.2 Å². The first-order chi connectivity index (χ1) is 13.3. The van der Waals surface area contributed by atoms with Crippen molar-refractivity contribution >= 4 is 17.1 Å². The van der Waals surface area contributed by atoms with E-state index < -0.39 is 0 Å². The van der Waals surface area contributed by atoms with E-state index in [0.717, 1.165) is 30.0 Å². The molecule has 0 atom stereocenters. The van der Waals surface area contributed by atoms with Gasteiger partial charge in [0.05, 0.1) is 11.4 Å². The molecule has 0 amide bonds. The second-order valence-electron chi connectivity index (χ2n) is 6.62. The summed E-state index contributed by atoms with van der Waals surface area (Å²) in [7, 11) is 0. The molecule has 138 valence electrons. The second-order valence-corrected chi connectivity index (χ2v) is 6.62. The van der Waals surface area contributed by atoms with E-state index in [0.29, 0.717) is 0 Å². The smallest absolute Gasteiger partial charge is 0.0857 e. The molecule has 0 bridgehead atoms. The summed E-state index contributed by atoms with van der Waals surface area (Å²) < 4.78 is 0. The molecule has 27 heavy (non-hydrogen) atoms. The molecule has 3 nitrogen and oxygen atoms in total. The van der Waals surface area contributed by atoms with Crippen LogP contribution in [0.5, 0.6) is 0 Å². The van der Waals surface area contributed by atoms with E-state index in [9.17, 15) is 0 Å². The van der Waals surface area contributed by atoms with Crippen LogP contribution in [0, 0.1) is 0 Å². The van der Waals surface area contributed by atoms with Gasteiger partial charge in [0.2, 0.25) is 0 Å². The highest BCUT2D eigenvalue weighted by Crippen LogP contribution is 2.25. The zero-order valence-corrected chi connectivity index (χ0v) is 16.2. The molecule has 0 saturated carbocycles. The third-order valence-corrected chi connectivity index (χ3v) is 4.50. The molecule has 3 aromatic carbocycles. The lowest BCUT2D eigenvalue weighted by atomic mass is 10.1. The minimum atomic E-state index is 0.859. The standard InChI is InChI=1S/C24H27N3/c1-3-5-6-19-7-13-23(14-8-19)26-27-24-17-11-21(12-18-24)20-9-15-22(16-10-20)25-4-2/h7-18,25H,3-6H2,1-2H3. The van der Waals surface area contributed by atoms with E-state index in [1.54, 1.807) is 0 Å². The van der Waals surface area contributed by atoms with Crippen LogP contribution in [0.15, 0.2) is 83.0 Å². The third-order valence-electron chi connectivity index (χ3n) is 4.50. The summed E-state index contributed by atoms with van der Waals surface area (Å²) in [6.45, 7) is 5.25. The number of hydrogen-bond donors (Lipinski definition) is 1. The summed E-state index contributed by atoms with van der Waals surface area (Å²) in [6.07, 6.45) is 3.58. The molecule has 3 rings (SSSR count). The van der Waals surface area contributed by atoms with Crippen molar-refractivity contribution in [1.82, 2.24) is 0 Å². The molecule has 0 heterocycles. The summed E-state index contributed by atoms with van der Waals surface area (Å²) in [4.78, 5) is 0. The van der Waals surface area contributed by atoms with Crippen molar-refractivity contribution in [1.29, 1.82) is 0 Å². The van der Waals surface area contributed by atoms with Crippen LogP contribution < -0.4 is 5.32 Å². The Labute approximate surface area is 162 Å². The average molecular weight is 358 g/mol. The van der Waals surface area contributed by atoms with Crippen LogP contribution >= 0.6 is 0 Å². The number of nitrogens with one attached hydrogen (secondary N) is 1. The Morgan fingerprint density at radius 2 is 1.19 bits per heavy atom. The Hall–Kier alpha value is -2.94. The molecule has 0 fully saturated rings. The van der Waals surface area contributed by atoms with Gasteiger partial charge in [-0.15, -0.1) is 0 Å². The van der Waals surface area contributed by atoms with Crippen molar-refractivity contribution < 1.29 is 0 Å². The molecule has 0 aliphatic heterocycles. The van der Waals surface area contributed by atoms with Gasteiger partial charge in [0.15, 0.2) is 0 Å². The summed E-state index contributed by atoms with van der Waals surface area (Å²) in [6, 6.07) is 25.0. The lowest BCUT2D eigenvalue weighted by Gasteiger charge is -2.05. The first-order valence-corrected chi connectivity index (χ1v) is 9.73. The maximum Gasteiger partial charge on any atom is 0.0857 e. The van der Waals surface area contributed by atoms with Gasteiger partial charge in [-0.2, -0.15) is 10.2 Å². The number of rotatable bonds is 8. The molecule has 0 aliphatic carbocycles. The number of unbranched alkanes of at least 4 members (excludes halogenated alkanes) is 1. The fourth-order valence-corrected chi connectivity index (χ4v) is 2.93. The van der Waals surface area contributed by atoms with Gasteiger partial charge < -0.3 is 5.32 Å². The summed E-state index contributed by atoms with van der Waals surface area (Å²) in [5.74, 6) is 0. The molecular formula is C24H27N3. The highest BCUT2D eigenvalue weighted by Gasteiger charge is 1.99. The number of aryl methyl sites for hydroxylation is 1. The molecule has 3 aromatic rings. The second kappa shape index (κ2) is 9.67. The maximum atomic E-state index is 4.36.